The molecular weight excluding hydrogens is 276 g/mol. The number of benzene rings is 1. The first kappa shape index (κ1) is 18.2. The minimum atomic E-state index is -0.0500. The number of nitrogens with zero attached hydrogens (tertiary/aromatic N) is 1. The highest BCUT2D eigenvalue weighted by molar-refractivity contribution is 5.91. The zero-order valence-corrected chi connectivity index (χ0v) is 14.0. The second-order valence-corrected chi connectivity index (χ2v) is 5.56. The van der Waals surface area contributed by atoms with Gasteiger partial charge in [-0.15, -0.1) is 0 Å². The molecule has 0 aromatic heterocycles. The maximum Gasteiger partial charge on any atom is 0.226 e. The van der Waals surface area contributed by atoms with Gasteiger partial charge in [0, 0.05) is 32.1 Å². The van der Waals surface area contributed by atoms with E-state index in [1.54, 1.807) is 11.8 Å². The lowest BCUT2D eigenvalue weighted by molar-refractivity contribution is -0.129. The number of hydrogen-bond donors (Lipinski definition) is 1. The molecule has 0 radical (unpaired) electrons. The zero-order valence-electron chi connectivity index (χ0n) is 14.0. The fraction of sp³-hybridized carbons (Fsp3) is 0.556. The second kappa shape index (κ2) is 9.98. The molecular formula is C18H28N2O2. The summed E-state index contributed by atoms with van der Waals surface area (Å²) in [5.41, 5.74) is 2.05. The van der Waals surface area contributed by atoms with Crippen molar-refractivity contribution in [2.45, 2.75) is 52.9 Å². The molecule has 4 nitrogen and oxygen atoms in total. The number of hydrogen-bond acceptors (Lipinski definition) is 2. The van der Waals surface area contributed by atoms with E-state index in [9.17, 15) is 9.59 Å². The van der Waals surface area contributed by atoms with Crippen LogP contribution < -0.4 is 5.32 Å². The molecule has 0 bridgehead atoms. The number of anilines is 1. The van der Waals surface area contributed by atoms with E-state index in [1.807, 2.05) is 24.3 Å². The molecule has 0 aliphatic carbocycles. The van der Waals surface area contributed by atoms with E-state index in [0.29, 0.717) is 13.0 Å². The van der Waals surface area contributed by atoms with E-state index in [2.05, 4.69) is 19.2 Å². The van der Waals surface area contributed by atoms with Gasteiger partial charge >= 0.3 is 0 Å². The van der Waals surface area contributed by atoms with Crippen LogP contribution in [0.4, 0.5) is 5.69 Å². The average Bonchev–Trinajstić information content (AvgIpc) is 2.51. The number of unbranched alkanes of at least 4 members (excludes halogenated alkanes) is 2. The highest BCUT2D eigenvalue weighted by Gasteiger charge is 2.11. The quantitative estimate of drug-likeness (QED) is 0.708. The molecule has 0 aliphatic rings. The summed E-state index contributed by atoms with van der Waals surface area (Å²) in [5.74, 6) is -0.0119. The van der Waals surface area contributed by atoms with Crippen LogP contribution in [0.25, 0.3) is 0 Å². The Morgan fingerprint density at radius 2 is 1.73 bits per heavy atom. The average molecular weight is 304 g/mol. The maximum absolute atomic E-state index is 12.0. The Kier molecular flexibility index (Phi) is 8.26. The van der Waals surface area contributed by atoms with Crippen LogP contribution in [0.5, 0.6) is 0 Å². The zero-order chi connectivity index (χ0) is 16.4. The number of carbonyl (C=O) groups is 2. The van der Waals surface area contributed by atoms with E-state index in [0.717, 1.165) is 37.9 Å². The molecule has 0 fully saturated rings. The molecule has 0 saturated heterocycles. The Morgan fingerprint density at radius 1 is 1.05 bits per heavy atom. The Morgan fingerprint density at radius 3 is 2.27 bits per heavy atom. The first-order chi connectivity index (χ1) is 10.6. The van der Waals surface area contributed by atoms with Crippen LogP contribution in [0.3, 0.4) is 0 Å². The van der Waals surface area contributed by atoms with Gasteiger partial charge in [0.25, 0.3) is 0 Å². The molecule has 0 aliphatic heterocycles. The number of rotatable bonds is 9. The van der Waals surface area contributed by atoms with Gasteiger partial charge in [0.1, 0.15) is 0 Å². The number of nitrogens with one attached hydrogen (secondary N) is 1. The van der Waals surface area contributed by atoms with Crippen molar-refractivity contribution in [2.24, 2.45) is 0 Å². The smallest absolute Gasteiger partial charge is 0.226 e. The summed E-state index contributed by atoms with van der Waals surface area (Å²) in [4.78, 5) is 25.3. The van der Waals surface area contributed by atoms with Crippen LogP contribution >= 0.6 is 0 Å². The van der Waals surface area contributed by atoms with Crippen molar-refractivity contribution in [3.63, 3.8) is 0 Å². The van der Waals surface area contributed by atoms with Gasteiger partial charge in [-0.3, -0.25) is 9.59 Å². The van der Waals surface area contributed by atoms with E-state index >= 15 is 0 Å². The molecule has 0 saturated carbocycles. The summed E-state index contributed by atoms with van der Waals surface area (Å²) < 4.78 is 0. The molecule has 1 rings (SSSR count). The largest absolute Gasteiger partial charge is 0.342 e. The number of carbonyl (C=O) groups excluding carboxylic acids is 2. The van der Waals surface area contributed by atoms with Gasteiger partial charge in [-0.1, -0.05) is 38.8 Å². The van der Waals surface area contributed by atoms with Crippen molar-refractivity contribution in [1.29, 1.82) is 0 Å². The highest BCUT2D eigenvalue weighted by atomic mass is 16.2. The Balaban J connectivity index is 2.40. The predicted octanol–water partition coefficient (Wildman–Crippen LogP) is 3.62. The lowest BCUT2D eigenvalue weighted by Crippen LogP contribution is -2.32. The predicted molar refractivity (Wildman–Crippen MR) is 90.8 cm³/mol. The number of amides is 2. The van der Waals surface area contributed by atoms with Crippen LogP contribution in [-0.2, 0) is 16.0 Å². The molecule has 0 unspecified atom stereocenters. The van der Waals surface area contributed by atoms with Crippen molar-refractivity contribution in [3.05, 3.63) is 29.8 Å². The van der Waals surface area contributed by atoms with Crippen molar-refractivity contribution in [3.8, 4) is 0 Å². The van der Waals surface area contributed by atoms with Crippen molar-refractivity contribution in [1.82, 2.24) is 4.90 Å². The van der Waals surface area contributed by atoms with Gasteiger partial charge in [-0.05, 0) is 30.5 Å². The maximum atomic E-state index is 12.0. The lowest BCUT2D eigenvalue weighted by Gasteiger charge is -2.20. The molecule has 0 spiro atoms. The van der Waals surface area contributed by atoms with Gasteiger partial charge < -0.3 is 10.2 Å². The first-order valence-corrected chi connectivity index (χ1v) is 8.21. The van der Waals surface area contributed by atoms with E-state index < -0.39 is 0 Å². The molecule has 2 amide bonds. The fourth-order valence-electron chi connectivity index (χ4n) is 2.26. The Labute approximate surface area is 133 Å². The van der Waals surface area contributed by atoms with Crippen molar-refractivity contribution < 1.29 is 9.59 Å². The van der Waals surface area contributed by atoms with E-state index in [-0.39, 0.29) is 11.8 Å². The van der Waals surface area contributed by atoms with Gasteiger partial charge in [0.15, 0.2) is 0 Å². The summed E-state index contributed by atoms with van der Waals surface area (Å²) in [5, 5.41) is 2.88. The van der Waals surface area contributed by atoms with Crippen LogP contribution in [0.2, 0.25) is 0 Å². The Hall–Kier alpha value is -1.84. The molecule has 1 aromatic carbocycles. The van der Waals surface area contributed by atoms with Gasteiger partial charge in [-0.25, -0.2) is 0 Å². The molecule has 0 heterocycles. The monoisotopic (exact) mass is 304 g/mol. The van der Waals surface area contributed by atoms with Gasteiger partial charge in [0.2, 0.25) is 11.8 Å². The van der Waals surface area contributed by atoms with Crippen LogP contribution in [-0.4, -0.2) is 29.8 Å². The summed E-state index contributed by atoms with van der Waals surface area (Å²) in [6.45, 7) is 7.02. The minimum Gasteiger partial charge on any atom is -0.342 e. The first-order valence-electron chi connectivity index (χ1n) is 8.21. The summed E-state index contributed by atoms with van der Waals surface area (Å²) >= 11 is 0. The molecule has 122 valence electrons. The summed E-state index contributed by atoms with van der Waals surface area (Å²) in [7, 11) is 0. The van der Waals surface area contributed by atoms with Crippen molar-refractivity contribution in [2.75, 3.05) is 18.4 Å². The van der Waals surface area contributed by atoms with E-state index in [4.69, 9.17) is 0 Å². The van der Waals surface area contributed by atoms with Crippen LogP contribution in [0, 0.1) is 0 Å². The third-order valence-corrected chi connectivity index (χ3v) is 3.73. The van der Waals surface area contributed by atoms with Gasteiger partial charge in [0.05, 0.1) is 0 Å². The second-order valence-electron chi connectivity index (χ2n) is 5.56. The third kappa shape index (κ3) is 6.74. The number of aryl methyl sites for hydroxylation is 1. The molecule has 4 heteroatoms. The standard InChI is InChI=1S/C18H28N2O2/c1-4-6-7-13-20(15(3)21)14-12-18(22)19-17-10-8-16(5-2)9-11-17/h8-11H,4-7,12-14H2,1-3H3,(H,19,22). The summed E-state index contributed by atoms with van der Waals surface area (Å²) in [6, 6.07) is 7.87. The molecule has 22 heavy (non-hydrogen) atoms. The van der Waals surface area contributed by atoms with Crippen LogP contribution in [0.15, 0.2) is 24.3 Å². The topological polar surface area (TPSA) is 49.4 Å². The molecule has 0 atom stereocenters. The van der Waals surface area contributed by atoms with Crippen LogP contribution in [0.1, 0.15) is 52.0 Å². The minimum absolute atomic E-state index is 0.0381. The van der Waals surface area contributed by atoms with Gasteiger partial charge in [-0.2, -0.15) is 0 Å². The highest BCUT2D eigenvalue weighted by Crippen LogP contribution is 2.10. The van der Waals surface area contributed by atoms with Crippen molar-refractivity contribution >= 4 is 17.5 Å². The third-order valence-electron chi connectivity index (χ3n) is 3.73. The normalized spacial score (nSPS) is 10.3. The molecule has 1 aromatic rings. The molecule has 1 N–H and O–H groups in total. The lowest BCUT2D eigenvalue weighted by atomic mass is 10.1. The Bertz CT molecular complexity index is 468. The fourth-order valence-corrected chi connectivity index (χ4v) is 2.26. The van der Waals surface area contributed by atoms with E-state index in [1.165, 1.54) is 5.56 Å². The summed E-state index contributed by atoms with van der Waals surface area (Å²) in [6.07, 6.45) is 4.55. The SMILES string of the molecule is CCCCCN(CCC(=O)Nc1ccc(CC)cc1)C(C)=O.